The number of fused-ring (bicyclic) bond motifs is 1. The number of hydrogen-bond acceptors (Lipinski definition) is 2. The number of sulfone groups is 1. The first kappa shape index (κ1) is 14.5. The number of nitrogens with one attached hydrogen (secondary N) is 1. The predicted molar refractivity (Wildman–Crippen MR) is 89.7 cm³/mol. The molecule has 1 fully saturated rings. The normalized spacial score (nSPS) is 20.1. The van der Waals surface area contributed by atoms with E-state index in [1.165, 1.54) is 12.1 Å². The van der Waals surface area contributed by atoms with Crippen LogP contribution >= 0.6 is 0 Å². The van der Waals surface area contributed by atoms with Gasteiger partial charge in [-0.25, -0.2) is 12.8 Å². The number of halogens is 1. The van der Waals surface area contributed by atoms with Crippen molar-refractivity contribution in [3.8, 4) is 11.1 Å². The van der Waals surface area contributed by atoms with Gasteiger partial charge in [0.1, 0.15) is 5.82 Å². The van der Waals surface area contributed by atoms with Crippen LogP contribution in [0.25, 0.3) is 22.0 Å². The Labute approximate surface area is 134 Å². The summed E-state index contributed by atoms with van der Waals surface area (Å²) >= 11 is 0. The highest BCUT2D eigenvalue weighted by atomic mass is 32.2. The van der Waals surface area contributed by atoms with Crippen LogP contribution in [0.15, 0.2) is 48.7 Å². The second-order valence-corrected chi connectivity index (χ2v) is 8.34. The summed E-state index contributed by atoms with van der Waals surface area (Å²) in [5.74, 6) is 0.286. The van der Waals surface area contributed by atoms with Gasteiger partial charge in [-0.15, -0.1) is 0 Å². The van der Waals surface area contributed by atoms with Gasteiger partial charge in [-0.3, -0.25) is 0 Å². The van der Waals surface area contributed by atoms with Crippen molar-refractivity contribution in [2.75, 3.05) is 11.5 Å². The lowest BCUT2D eigenvalue weighted by Crippen LogP contribution is -2.03. The van der Waals surface area contributed by atoms with E-state index in [4.69, 9.17) is 0 Å². The molecule has 3 nitrogen and oxygen atoms in total. The molecule has 1 saturated heterocycles. The number of hydrogen-bond donors (Lipinski definition) is 1. The third kappa shape index (κ3) is 2.65. The average molecular weight is 329 g/mol. The van der Waals surface area contributed by atoms with E-state index in [2.05, 4.69) is 11.1 Å². The first-order valence-corrected chi connectivity index (χ1v) is 9.41. The second kappa shape index (κ2) is 5.20. The van der Waals surface area contributed by atoms with E-state index < -0.39 is 9.84 Å². The third-order valence-electron chi connectivity index (χ3n) is 4.56. The summed E-state index contributed by atoms with van der Waals surface area (Å²) in [6, 6.07) is 12.4. The molecular weight excluding hydrogens is 313 g/mol. The van der Waals surface area contributed by atoms with Crippen molar-refractivity contribution in [1.29, 1.82) is 0 Å². The fourth-order valence-corrected chi connectivity index (χ4v) is 5.11. The summed E-state index contributed by atoms with van der Waals surface area (Å²) in [4.78, 5) is 3.23. The number of aromatic amines is 1. The molecule has 5 heteroatoms. The topological polar surface area (TPSA) is 49.9 Å². The molecule has 0 unspecified atom stereocenters. The van der Waals surface area contributed by atoms with E-state index >= 15 is 0 Å². The van der Waals surface area contributed by atoms with Crippen LogP contribution in [0.3, 0.4) is 0 Å². The van der Waals surface area contributed by atoms with Gasteiger partial charge in [-0.05, 0) is 47.4 Å². The first-order chi connectivity index (χ1) is 11.0. The minimum Gasteiger partial charge on any atom is -0.361 e. The van der Waals surface area contributed by atoms with Crippen LogP contribution in [-0.4, -0.2) is 24.9 Å². The third-order valence-corrected chi connectivity index (χ3v) is 6.33. The van der Waals surface area contributed by atoms with Crippen LogP contribution in [-0.2, 0) is 9.84 Å². The standard InChI is InChI=1S/C18H16FNO2S/c19-15-4-1-12(2-5-15)13-3-6-18-16(9-13)17(10-20-18)14-7-8-23(21,22)11-14/h1-6,9-10,14,20H,7-8,11H2/t14-/m0/s1. The van der Waals surface area contributed by atoms with Crippen LogP contribution in [0, 0.1) is 5.82 Å². The number of benzene rings is 2. The molecule has 0 saturated carbocycles. The SMILES string of the molecule is O=S1(=O)CC[C@H](c2c[nH]c3ccc(-c4ccc(F)cc4)cc23)C1. The summed E-state index contributed by atoms with van der Waals surface area (Å²) in [6.07, 6.45) is 2.60. The van der Waals surface area contributed by atoms with Crippen molar-refractivity contribution in [2.45, 2.75) is 12.3 Å². The Balaban J connectivity index is 1.79. The quantitative estimate of drug-likeness (QED) is 0.776. The molecule has 1 N–H and O–H groups in total. The molecule has 1 aliphatic rings. The fourth-order valence-electron chi connectivity index (χ4n) is 3.34. The molecular formula is C18H16FNO2S. The maximum atomic E-state index is 13.1. The van der Waals surface area contributed by atoms with Gasteiger partial charge in [0, 0.05) is 23.0 Å². The Bertz CT molecular complexity index is 974. The molecule has 23 heavy (non-hydrogen) atoms. The molecule has 2 heterocycles. The summed E-state index contributed by atoms with van der Waals surface area (Å²) < 4.78 is 36.6. The van der Waals surface area contributed by atoms with E-state index in [-0.39, 0.29) is 23.2 Å². The smallest absolute Gasteiger partial charge is 0.150 e. The Kier molecular flexibility index (Phi) is 3.27. The van der Waals surface area contributed by atoms with Gasteiger partial charge in [0.15, 0.2) is 9.84 Å². The maximum Gasteiger partial charge on any atom is 0.150 e. The van der Waals surface area contributed by atoms with Crippen LogP contribution in [0.1, 0.15) is 17.9 Å². The molecule has 0 aliphatic carbocycles. The average Bonchev–Trinajstić information content (AvgIpc) is 3.10. The second-order valence-electron chi connectivity index (χ2n) is 6.11. The number of H-pyrrole nitrogens is 1. The molecule has 1 aromatic heterocycles. The van der Waals surface area contributed by atoms with Crippen molar-refractivity contribution >= 4 is 20.7 Å². The van der Waals surface area contributed by atoms with Crippen LogP contribution in [0.2, 0.25) is 0 Å². The minimum absolute atomic E-state index is 0.0530. The van der Waals surface area contributed by atoms with E-state index in [9.17, 15) is 12.8 Å². The lowest BCUT2D eigenvalue weighted by molar-refractivity contribution is 0.601. The van der Waals surface area contributed by atoms with E-state index in [0.717, 1.165) is 27.6 Å². The van der Waals surface area contributed by atoms with Crippen molar-refractivity contribution in [3.05, 3.63) is 60.0 Å². The van der Waals surface area contributed by atoms with Gasteiger partial charge >= 0.3 is 0 Å². The van der Waals surface area contributed by atoms with Crippen LogP contribution in [0.5, 0.6) is 0 Å². The minimum atomic E-state index is -2.91. The van der Waals surface area contributed by atoms with Gasteiger partial charge in [-0.2, -0.15) is 0 Å². The maximum absolute atomic E-state index is 13.1. The molecule has 1 atom stereocenters. The summed E-state index contributed by atoms with van der Waals surface area (Å²) in [5, 5.41) is 1.05. The predicted octanol–water partition coefficient (Wildman–Crippen LogP) is 3.88. The molecule has 0 bridgehead atoms. The van der Waals surface area contributed by atoms with E-state index in [1.54, 1.807) is 12.1 Å². The van der Waals surface area contributed by atoms with Crippen molar-refractivity contribution in [1.82, 2.24) is 4.98 Å². The van der Waals surface area contributed by atoms with E-state index in [1.807, 2.05) is 18.3 Å². The lowest BCUT2D eigenvalue weighted by atomic mass is 9.96. The summed E-state index contributed by atoms with van der Waals surface area (Å²) in [6.45, 7) is 0. The Morgan fingerprint density at radius 3 is 2.48 bits per heavy atom. The zero-order valence-electron chi connectivity index (χ0n) is 12.4. The van der Waals surface area contributed by atoms with Crippen molar-refractivity contribution in [2.24, 2.45) is 0 Å². The molecule has 4 rings (SSSR count). The molecule has 0 amide bonds. The van der Waals surface area contributed by atoms with Crippen LogP contribution in [0.4, 0.5) is 4.39 Å². The largest absolute Gasteiger partial charge is 0.361 e. The van der Waals surface area contributed by atoms with Crippen molar-refractivity contribution in [3.63, 3.8) is 0 Å². The Morgan fingerprint density at radius 1 is 1.04 bits per heavy atom. The highest BCUT2D eigenvalue weighted by Crippen LogP contribution is 2.35. The molecule has 1 aliphatic heterocycles. The van der Waals surface area contributed by atoms with E-state index in [0.29, 0.717) is 6.42 Å². The lowest BCUT2D eigenvalue weighted by Gasteiger charge is -2.07. The van der Waals surface area contributed by atoms with Crippen molar-refractivity contribution < 1.29 is 12.8 Å². The number of aromatic nitrogens is 1. The highest BCUT2D eigenvalue weighted by molar-refractivity contribution is 7.91. The first-order valence-electron chi connectivity index (χ1n) is 7.59. The Hall–Kier alpha value is -2.14. The summed E-state index contributed by atoms with van der Waals surface area (Å²) in [5.41, 5.74) is 4.00. The monoisotopic (exact) mass is 329 g/mol. The molecule has 2 aromatic carbocycles. The van der Waals surface area contributed by atoms with Gasteiger partial charge in [-0.1, -0.05) is 18.2 Å². The van der Waals surface area contributed by atoms with Gasteiger partial charge < -0.3 is 4.98 Å². The molecule has 0 radical (unpaired) electrons. The van der Waals surface area contributed by atoms with Gasteiger partial charge in [0.25, 0.3) is 0 Å². The zero-order chi connectivity index (χ0) is 16.0. The summed E-state index contributed by atoms with van der Waals surface area (Å²) in [7, 11) is -2.91. The molecule has 3 aromatic rings. The fraction of sp³-hybridized carbons (Fsp3) is 0.222. The van der Waals surface area contributed by atoms with Crippen LogP contribution < -0.4 is 0 Å². The van der Waals surface area contributed by atoms with Gasteiger partial charge in [0.2, 0.25) is 0 Å². The van der Waals surface area contributed by atoms with Gasteiger partial charge in [0.05, 0.1) is 11.5 Å². The highest BCUT2D eigenvalue weighted by Gasteiger charge is 2.30. The molecule has 0 spiro atoms. The number of rotatable bonds is 2. The zero-order valence-corrected chi connectivity index (χ0v) is 13.2. The Morgan fingerprint density at radius 2 is 1.78 bits per heavy atom. The molecule has 118 valence electrons.